The molecule has 0 saturated heterocycles. The number of benzene rings is 2. The SMILES string of the molecule is COc1ccc(NS(=O)(=O)CCC(C)C)cc1NS(=O)(=O)c1ccc(F)cc1. The van der Waals surface area contributed by atoms with Crippen molar-refractivity contribution in [3.8, 4) is 5.75 Å². The zero-order valence-electron chi connectivity index (χ0n) is 15.8. The van der Waals surface area contributed by atoms with Crippen LogP contribution in [0.1, 0.15) is 20.3 Å². The second-order valence-corrected chi connectivity index (χ2v) is 10.1. The highest BCUT2D eigenvalue weighted by molar-refractivity contribution is 7.93. The molecule has 0 unspecified atom stereocenters. The summed E-state index contributed by atoms with van der Waals surface area (Å²) >= 11 is 0. The normalized spacial score (nSPS) is 12.0. The summed E-state index contributed by atoms with van der Waals surface area (Å²) in [5.74, 6) is -0.177. The van der Waals surface area contributed by atoms with Gasteiger partial charge in [0.1, 0.15) is 11.6 Å². The van der Waals surface area contributed by atoms with Gasteiger partial charge in [-0.2, -0.15) is 0 Å². The van der Waals surface area contributed by atoms with Crippen molar-refractivity contribution in [2.75, 3.05) is 22.3 Å². The molecular weight excluding hydrogens is 407 g/mol. The summed E-state index contributed by atoms with van der Waals surface area (Å²) in [7, 11) is -6.24. The van der Waals surface area contributed by atoms with Crippen LogP contribution in [0, 0.1) is 11.7 Å². The molecule has 0 aromatic heterocycles. The molecule has 10 heteroatoms. The first kappa shape index (κ1) is 22.0. The average Bonchev–Trinajstić information content (AvgIpc) is 2.60. The van der Waals surface area contributed by atoms with Crippen molar-refractivity contribution in [3.05, 3.63) is 48.3 Å². The van der Waals surface area contributed by atoms with Gasteiger partial charge in [-0.15, -0.1) is 0 Å². The number of rotatable bonds is 9. The fourth-order valence-corrected chi connectivity index (χ4v) is 4.72. The molecule has 0 saturated carbocycles. The highest BCUT2D eigenvalue weighted by Crippen LogP contribution is 2.30. The lowest BCUT2D eigenvalue weighted by Crippen LogP contribution is -2.18. The summed E-state index contributed by atoms with van der Waals surface area (Å²) in [6, 6.07) is 8.57. The van der Waals surface area contributed by atoms with Crippen molar-refractivity contribution in [1.29, 1.82) is 0 Å². The summed E-state index contributed by atoms with van der Waals surface area (Å²) in [6.45, 7) is 3.84. The number of sulfonamides is 2. The molecule has 28 heavy (non-hydrogen) atoms. The maximum absolute atomic E-state index is 13.0. The van der Waals surface area contributed by atoms with Crippen molar-refractivity contribution in [3.63, 3.8) is 0 Å². The van der Waals surface area contributed by atoms with Gasteiger partial charge in [-0.1, -0.05) is 13.8 Å². The molecule has 0 atom stereocenters. The Hall–Kier alpha value is -2.33. The average molecular weight is 431 g/mol. The van der Waals surface area contributed by atoms with Gasteiger partial charge >= 0.3 is 0 Å². The van der Waals surface area contributed by atoms with E-state index in [4.69, 9.17) is 4.74 Å². The Morgan fingerprint density at radius 1 is 1.00 bits per heavy atom. The minimum atomic E-state index is -4.02. The molecule has 2 aromatic carbocycles. The first-order valence-electron chi connectivity index (χ1n) is 8.49. The summed E-state index contributed by atoms with van der Waals surface area (Å²) < 4.78 is 72.4. The lowest BCUT2D eigenvalue weighted by molar-refractivity contribution is 0.417. The lowest BCUT2D eigenvalue weighted by atomic mass is 10.2. The third-order valence-corrected chi connectivity index (χ3v) is 6.51. The Balaban J connectivity index is 2.29. The largest absolute Gasteiger partial charge is 0.495 e. The molecule has 0 heterocycles. The molecule has 0 fully saturated rings. The zero-order valence-corrected chi connectivity index (χ0v) is 17.4. The molecule has 154 valence electrons. The number of ether oxygens (including phenoxy) is 1. The van der Waals surface area contributed by atoms with Crippen LogP contribution in [0.5, 0.6) is 5.75 Å². The molecule has 0 aliphatic rings. The van der Waals surface area contributed by atoms with E-state index in [2.05, 4.69) is 9.44 Å². The van der Waals surface area contributed by atoms with Crippen LogP contribution in [0.2, 0.25) is 0 Å². The Bertz CT molecular complexity index is 1020. The van der Waals surface area contributed by atoms with E-state index in [-0.39, 0.29) is 33.7 Å². The fourth-order valence-electron chi connectivity index (χ4n) is 2.29. The molecule has 0 aliphatic heterocycles. The quantitative estimate of drug-likeness (QED) is 0.635. The van der Waals surface area contributed by atoms with Crippen molar-refractivity contribution in [2.45, 2.75) is 25.2 Å². The predicted molar refractivity (Wildman–Crippen MR) is 107 cm³/mol. The molecule has 7 nitrogen and oxygen atoms in total. The van der Waals surface area contributed by atoms with Gasteiger partial charge in [-0.05, 0) is 54.8 Å². The van der Waals surface area contributed by atoms with Crippen LogP contribution < -0.4 is 14.2 Å². The van der Waals surface area contributed by atoms with Gasteiger partial charge in [0, 0.05) is 0 Å². The maximum Gasteiger partial charge on any atom is 0.262 e. The predicted octanol–water partition coefficient (Wildman–Crippen LogP) is 3.42. The monoisotopic (exact) mass is 430 g/mol. The Morgan fingerprint density at radius 2 is 1.64 bits per heavy atom. The summed E-state index contributed by atoms with van der Waals surface area (Å²) in [4.78, 5) is -0.140. The molecule has 0 aliphatic carbocycles. The van der Waals surface area contributed by atoms with Crippen LogP contribution in [-0.2, 0) is 20.0 Å². The van der Waals surface area contributed by atoms with Crippen LogP contribution in [0.15, 0.2) is 47.4 Å². The fraction of sp³-hybridized carbons (Fsp3) is 0.333. The van der Waals surface area contributed by atoms with Gasteiger partial charge in [0.25, 0.3) is 10.0 Å². The molecule has 2 rings (SSSR count). The minimum absolute atomic E-state index is 0.0483. The second kappa shape index (κ2) is 8.78. The van der Waals surface area contributed by atoms with Crippen molar-refractivity contribution in [2.24, 2.45) is 5.92 Å². The summed E-state index contributed by atoms with van der Waals surface area (Å²) in [5, 5.41) is 0. The maximum atomic E-state index is 13.0. The molecule has 0 bridgehead atoms. The smallest absolute Gasteiger partial charge is 0.262 e. The van der Waals surface area contributed by atoms with E-state index >= 15 is 0 Å². The molecule has 0 spiro atoms. The highest BCUT2D eigenvalue weighted by Gasteiger charge is 2.18. The van der Waals surface area contributed by atoms with Crippen LogP contribution in [-0.4, -0.2) is 29.7 Å². The topological polar surface area (TPSA) is 102 Å². The van der Waals surface area contributed by atoms with Crippen LogP contribution in [0.25, 0.3) is 0 Å². The van der Waals surface area contributed by atoms with Crippen LogP contribution in [0.3, 0.4) is 0 Å². The molecular formula is C18H23FN2O5S2. The summed E-state index contributed by atoms with van der Waals surface area (Å²) in [6.07, 6.45) is 0.496. The van der Waals surface area contributed by atoms with E-state index in [0.29, 0.717) is 6.42 Å². The van der Waals surface area contributed by atoms with Crippen molar-refractivity contribution in [1.82, 2.24) is 0 Å². The Morgan fingerprint density at radius 3 is 2.21 bits per heavy atom. The van der Waals surface area contributed by atoms with Crippen LogP contribution >= 0.6 is 0 Å². The second-order valence-electron chi connectivity index (χ2n) is 6.58. The third kappa shape index (κ3) is 6.10. The van der Waals surface area contributed by atoms with Gasteiger partial charge in [0.15, 0.2) is 0 Å². The van der Waals surface area contributed by atoms with Gasteiger partial charge in [-0.3, -0.25) is 9.44 Å². The Kier molecular flexibility index (Phi) is 6.89. The first-order chi connectivity index (χ1) is 13.0. The first-order valence-corrected chi connectivity index (χ1v) is 11.6. The molecule has 2 N–H and O–H groups in total. The van der Waals surface area contributed by atoms with Gasteiger partial charge < -0.3 is 4.74 Å². The van der Waals surface area contributed by atoms with Gasteiger partial charge in [0.2, 0.25) is 10.0 Å². The van der Waals surface area contributed by atoms with Crippen molar-refractivity contribution < 1.29 is 26.0 Å². The number of halogens is 1. The van der Waals surface area contributed by atoms with Gasteiger partial charge in [-0.25, -0.2) is 21.2 Å². The highest BCUT2D eigenvalue weighted by atomic mass is 32.2. The van der Waals surface area contributed by atoms with E-state index in [9.17, 15) is 21.2 Å². The molecule has 0 amide bonds. The lowest BCUT2D eigenvalue weighted by Gasteiger charge is -2.15. The number of hydrogen-bond acceptors (Lipinski definition) is 5. The van der Waals surface area contributed by atoms with Crippen LogP contribution in [0.4, 0.5) is 15.8 Å². The third-order valence-electron chi connectivity index (χ3n) is 3.81. The standard InChI is InChI=1S/C18H23FN2O5S2/c1-13(2)10-11-27(22,23)20-15-6-9-18(26-3)17(12-15)21-28(24,25)16-7-4-14(19)5-8-16/h4-9,12-13,20-21H,10-11H2,1-3H3. The van der Waals surface area contributed by atoms with E-state index in [0.717, 1.165) is 24.3 Å². The van der Waals surface area contributed by atoms with E-state index < -0.39 is 25.9 Å². The molecule has 2 aromatic rings. The zero-order chi connectivity index (χ0) is 20.9. The number of hydrogen-bond donors (Lipinski definition) is 2. The summed E-state index contributed by atoms with van der Waals surface area (Å²) in [5.41, 5.74) is 0.247. The van der Waals surface area contributed by atoms with E-state index in [1.807, 2.05) is 13.8 Å². The minimum Gasteiger partial charge on any atom is -0.495 e. The number of nitrogens with one attached hydrogen (secondary N) is 2. The van der Waals surface area contributed by atoms with Crippen molar-refractivity contribution >= 4 is 31.4 Å². The number of anilines is 2. The van der Waals surface area contributed by atoms with E-state index in [1.54, 1.807) is 0 Å². The number of methoxy groups -OCH3 is 1. The Labute approximate surface area is 165 Å². The molecule has 0 radical (unpaired) electrons. The van der Waals surface area contributed by atoms with E-state index in [1.165, 1.54) is 25.3 Å². The van der Waals surface area contributed by atoms with Gasteiger partial charge in [0.05, 0.1) is 29.1 Å².